The van der Waals surface area contributed by atoms with Crippen LogP contribution < -0.4 is 5.32 Å². The average Bonchev–Trinajstić information content (AvgIpc) is 2.41. The Bertz CT molecular complexity index is 266. The monoisotopic (exact) mass is 181 g/mol. The molecule has 3 heteroatoms. The number of allylic oxidation sites excluding steroid dienone is 1. The van der Waals surface area contributed by atoms with Crippen molar-refractivity contribution in [1.29, 1.82) is 0 Å². The molecule has 1 aliphatic heterocycles. The molecule has 0 radical (unpaired) electrons. The molecule has 72 valence electrons. The highest BCUT2D eigenvalue weighted by Gasteiger charge is 2.25. The molecular formula is C10H15NO2. The second kappa shape index (κ2) is 4.21. The van der Waals surface area contributed by atoms with E-state index in [0.717, 1.165) is 24.8 Å². The lowest BCUT2D eigenvalue weighted by Gasteiger charge is -2.01. The van der Waals surface area contributed by atoms with Crippen molar-refractivity contribution >= 4 is 11.8 Å². The molecule has 0 aromatic rings. The van der Waals surface area contributed by atoms with E-state index in [1.54, 1.807) is 0 Å². The van der Waals surface area contributed by atoms with E-state index in [2.05, 4.69) is 12.2 Å². The Morgan fingerprint density at radius 2 is 2.15 bits per heavy atom. The Kier molecular flexibility index (Phi) is 3.23. The van der Waals surface area contributed by atoms with Crippen LogP contribution in [-0.4, -0.2) is 11.8 Å². The maximum absolute atomic E-state index is 11.2. The number of rotatable bonds is 3. The third kappa shape index (κ3) is 2.41. The third-order valence-corrected chi connectivity index (χ3v) is 2.28. The molecule has 0 aromatic heterocycles. The van der Waals surface area contributed by atoms with Crippen molar-refractivity contribution in [1.82, 2.24) is 5.32 Å². The van der Waals surface area contributed by atoms with Crippen LogP contribution in [-0.2, 0) is 9.59 Å². The first-order chi connectivity index (χ1) is 6.15. The summed E-state index contributed by atoms with van der Waals surface area (Å²) in [5.74, 6) is -0.366. The number of carbonyl (C=O) groups is 2. The number of hydrogen-bond donors (Lipinski definition) is 1. The molecule has 1 fully saturated rings. The van der Waals surface area contributed by atoms with E-state index >= 15 is 0 Å². The minimum atomic E-state index is -0.196. The van der Waals surface area contributed by atoms with Gasteiger partial charge >= 0.3 is 0 Å². The summed E-state index contributed by atoms with van der Waals surface area (Å²) in [5, 5.41) is 2.29. The molecule has 13 heavy (non-hydrogen) atoms. The first kappa shape index (κ1) is 9.96. The van der Waals surface area contributed by atoms with Crippen LogP contribution in [0.1, 0.15) is 39.5 Å². The summed E-state index contributed by atoms with van der Waals surface area (Å²) in [4.78, 5) is 22.1. The fourth-order valence-corrected chi connectivity index (χ4v) is 1.42. The van der Waals surface area contributed by atoms with Crippen molar-refractivity contribution < 1.29 is 9.59 Å². The maximum Gasteiger partial charge on any atom is 0.254 e. The van der Waals surface area contributed by atoms with Gasteiger partial charge in [-0.25, -0.2) is 0 Å². The van der Waals surface area contributed by atoms with Gasteiger partial charge in [-0.05, 0) is 19.8 Å². The van der Waals surface area contributed by atoms with Gasteiger partial charge < -0.3 is 0 Å². The summed E-state index contributed by atoms with van der Waals surface area (Å²) >= 11 is 0. The standard InChI is InChI=1S/C10H15NO2/c1-3-4-5-7(2)8-6-9(12)11-10(8)13/h3-6H2,1-2H3,(H,11,12,13)/b8-7+. The predicted molar refractivity (Wildman–Crippen MR) is 50.0 cm³/mol. The normalized spacial score (nSPS) is 20.5. The molecule has 0 bridgehead atoms. The van der Waals surface area contributed by atoms with Gasteiger partial charge in [0.25, 0.3) is 5.91 Å². The Morgan fingerprint density at radius 1 is 1.46 bits per heavy atom. The van der Waals surface area contributed by atoms with Crippen LogP contribution in [0, 0.1) is 0 Å². The van der Waals surface area contributed by atoms with E-state index in [9.17, 15) is 9.59 Å². The molecular weight excluding hydrogens is 166 g/mol. The van der Waals surface area contributed by atoms with Crippen LogP contribution in [0.2, 0.25) is 0 Å². The van der Waals surface area contributed by atoms with Crippen LogP contribution in [0.15, 0.2) is 11.1 Å². The molecule has 0 unspecified atom stereocenters. The Labute approximate surface area is 78.2 Å². The average molecular weight is 181 g/mol. The van der Waals surface area contributed by atoms with Gasteiger partial charge in [-0.2, -0.15) is 0 Å². The zero-order chi connectivity index (χ0) is 9.84. The lowest BCUT2D eigenvalue weighted by atomic mass is 10.0. The highest BCUT2D eigenvalue weighted by atomic mass is 16.2. The fourth-order valence-electron chi connectivity index (χ4n) is 1.42. The molecule has 1 heterocycles. The maximum atomic E-state index is 11.2. The molecule has 0 saturated carbocycles. The second-order valence-electron chi connectivity index (χ2n) is 3.42. The molecule has 0 aromatic carbocycles. The lowest BCUT2D eigenvalue weighted by molar-refractivity contribution is -0.124. The largest absolute Gasteiger partial charge is 0.292 e. The SMILES string of the molecule is CCCC/C(C)=C1\CC(=O)NC1=O. The number of imide groups is 1. The molecule has 2 amide bonds. The molecule has 1 N–H and O–H groups in total. The Morgan fingerprint density at radius 3 is 2.62 bits per heavy atom. The van der Waals surface area contributed by atoms with E-state index in [1.807, 2.05) is 6.92 Å². The Balaban J connectivity index is 2.67. The van der Waals surface area contributed by atoms with Crippen LogP contribution in [0.25, 0.3) is 0 Å². The van der Waals surface area contributed by atoms with Crippen molar-refractivity contribution in [2.24, 2.45) is 0 Å². The van der Waals surface area contributed by atoms with Gasteiger partial charge in [0.2, 0.25) is 5.91 Å². The smallest absolute Gasteiger partial charge is 0.254 e. The number of hydrogen-bond acceptors (Lipinski definition) is 2. The predicted octanol–water partition coefficient (Wildman–Crippen LogP) is 1.54. The van der Waals surface area contributed by atoms with Crippen molar-refractivity contribution in [3.8, 4) is 0 Å². The summed E-state index contributed by atoms with van der Waals surface area (Å²) in [5.41, 5.74) is 1.74. The summed E-state index contributed by atoms with van der Waals surface area (Å²) in [6.07, 6.45) is 3.39. The molecule has 1 rings (SSSR count). The fraction of sp³-hybridized carbons (Fsp3) is 0.600. The van der Waals surface area contributed by atoms with Gasteiger partial charge in [-0.15, -0.1) is 0 Å². The van der Waals surface area contributed by atoms with Crippen LogP contribution >= 0.6 is 0 Å². The van der Waals surface area contributed by atoms with Crippen LogP contribution in [0.4, 0.5) is 0 Å². The molecule has 0 spiro atoms. The van der Waals surface area contributed by atoms with Crippen molar-refractivity contribution in [2.75, 3.05) is 0 Å². The van der Waals surface area contributed by atoms with E-state index < -0.39 is 0 Å². The summed E-state index contributed by atoms with van der Waals surface area (Å²) in [7, 11) is 0. The van der Waals surface area contributed by atoms with Gasteiger partial charge in [0.15, 0.2) is 0 Å². The number of nitrogens with one attached hydrogen (secondary N) is 1. The van der Waals surface area contributed by atoms with Crippen molar-refractivity contribution in [3.05, 3.63) is 11.1 Å². The number of unbranched alkanes of at least 4 members (excludes halogenated alkanes) is 1. The molecule has 1 aliphatic rings. The zero-order valence-corrected chi connectivity index (χ0v) is 8.14. The van der Waals surface area contributed by atoms with Crippen molar-refractivity contribution in [2.45, 2.75) is 39.5 Å². The number of amides is 2. The summed E-state index contributed by atoms with van der Waals surface area (Å²) < 4.78 is 0. The quantitative estimate of drug-likeness (QED) is 0.530. The second-order valence-corrected chi connectivity index (χ2v) is 3.42. The highest BCUT2D eigenvalue weighted by molar-refractivity contribution is 6.13. The van der Waals surface area contributed by atoms with Gasteiger partial charge in [-0.1, -0.05) is 18.9 Å². The van der Waals surface area contributed by atoms with E-state index in [-0.39, 0.29) is 18.2 Å². The highest BCUT2D eigenvalue weighted by Crippen LogP contribution is 2.18. The molecule has 0 atom stereocenters. The third-order valence-electron chi connectivity index (χ3n) is 2.28. The van der Waals surface area contributed by atoms with Gasteiger partial charge in [0.05, 0.1) is 6.42 Å². The van der Waals surface area contributed by atoms with Crippen LogP contribution in [0.3, 0.4) is 0 Å². The number of carbonyl (C=O) groups excluding carboxylic acids is 2. The lowest BCUT2D eigenvalue weighted by Crippen LogP contribution is -2.19. The van der Waals surface area contributed by atoms with Gasteiger partial charge in [0.1, 0.15) is 0 Å². The van der Waals surface area contributed by atoms with Crippen LogP contribution in [0.5, 0.6) is 0 Å². The van der Waals surface area contributed by atoms with Gasteiger partial charge in [-0.3, -0.25) is 14.9 Å². The first-order valence-corrected chi connectivity index (χ1v) is 4.68. The molecule has 1 saturated heterocycles. The molecule has 3 nitrogen and oxygen atoms in total. The minimum absolute atomic E-state index is 0.171. The van der Waals surface area contributed by atoms with Crippen molar-refractivity contribution in [3.63, 3.8) is 0 Å². The topological polar surface area (TPSA) is 46.2 Å². The summed E-state index contributed by atoms with van der Waals surface area (Å²) in [6.45, 7) is 4.04. The van der Waals surface area contributed by atoms with E-state index in [1.165, 1.54) is 0 Å². The first-order valence-electron chi connectivity index (χ1n) is 4.68. The summed E-state index contributed by atoms with van der Waals surface area (Å²) in [6, 6.07) is 0. The van der Waals surface area contributed by atoms with Gasteiger partial charge in [0, 0.05) is 5.57 Å². The van der Waals surface area contributed by atoms with E-state index in [0.29, 0.717) is 5.57 Å². The minimum Gasteiger partial charge on any atom is -0.292 e. The van der Waals surface area contributed by atoms with E-state index in [4.69, 9.17) is 0 Å². The molecule has 0 aliphatic carbocycles. The Hall–Kier alpha value is -1.12. The zero-order valence-electron chi connectivity index (χ0n) is 8.14.